The van der Waals surface area contributed by atoms with Crippen LogP contribution in [0.15, 0.2) is 48.5 Å². The highest BCUT2D eigenvalue weighted by atomic mass is 35.5. The van der Waals surface area contributed by atoms with Crippen molar-refractivity contribution < 1.29 is 13.9 Å². The van der Waals surface area contributed by atoms with E-state index in [2.05, 4.69) is 5.32 Å². The molecule has 2 aromatic rings. The van der Waals surface area contributed by atoms with Crippen molar-refractivity contribution in [2.45, 2.75) is 12.5 Å². The van der Waals surface area contributed by atoms with Crippen LogP contribution in [-0.2, 0) is 16.0 Å². The van der Waals surface area contributed by atoms with E-state index >= 15 is 0 Å². The number of carbonyl (C=O) groups is 1. The zero-order chi connectivity index (χ0) is 15.9. The minimum Gasteiger partial charge on any atom is -0.468 e. The first kappa shape index (κ1) is 16.5. The summed E-state index contributed by atoms with van der Waals surface area (Å²) in [7, 11) is 1.33. The molecule has 1 atom stereocenters. The molecule has 0 saturated heterocycles. The summed E-state index contributed by atoms with van der Waals surface area (Å²) < 4.78 is 18.0. The Morgan fingerprint density at radius 2 is 2.05 bits per heavy atom. The predicted molar refractivity (Wildman–Crippen MR) is 84.3 cm³/mol. The van der Waals surface area contributed by atoms with Crippen LogP contribution in [0.5, 0.6) is 0 Å². The van der Waals surface area contributed by atoms with Gasteiger partial charge < -0.3 is 10.1 Å². The zero-order valence-corrected chi connectivity index (χ0v) is 12.9. The number of hydrogen-bond donors (Lipinski definition) is 1. The van der Waals surface area contributed by atoms with Crippen LogP contribution in [0.25, 0.3) is 0 Å². The smallest absolute Gasteiger partial charge is 0.327 e. The van der Waals surface area contributed by atoms with Crippen molar-refractivity contribution >= 4 is 17.6 Å². The zero-order valence-electron chi connectivity index (χ0n) is 12.2. The fourth-order valence-corrected chi connectivity index (χ4v) is 2.45. The van der Waals surface area contributed by atoms with Crippen LogP contribution in [0.4, 0.5) is 4.39 Å². The van der Waals surface area contributed by atoms with Crippen LogP contribution in [0.2, 0.25) is 5.02 Å². The lowest BCUT2D eigenvalue weighted by atomic mass is 10.1. The van der Waals surface area contributed by atoms with Crippen LogP contribution >= 0.6 is 11.6 Å². The summed E-state index contributed by atoms with van der Waals surface area (Å²) in [5, 5.41) is 3.61. The van der Waals surface area contributed by atoms with E-state index in [9.17, 15) is 9.18 Å². The maximum Gasteiger partial charge on any atom is 0.327 e. The highest BCUT2D eigenvalue weighted by Crippen LogP contribution is 2.23. The number of methoxy groups -OCH3 is 1. The monoisotopic (exact) mass is 321 g/mol. The Morgan fingerprint density at radius 1 is 1.27 bits per heavy atom. The Kier molecular flexibility index (Phi) is 5.92. The fourth-order valence-electron chi connectivity index (χ4n) is 2.20. The van der Waals surface area contributed by atoms with Crippen LogP contribution in [0.3, 0.4) is 0 Å². The molecule has 3 nitrogen and oxygen atoms in total. The second-order valence-electron chi connectivity index (χ2n) is 4.81. The molecule has 0 fully saturated rings. The van der Waals surface area contributed by atoms with Gasteiger partial charge in [-0.05, 0) is 35.7 Å². The molecule has 2 rings (SSSR count). The fraction of sp³-hybridized carbons (Fsp3) is 0.235. The normalized spacial score (nSPS) is 12.0. The van der Waals surface area contributed by atoms with Gasteiger partial charge in [0.15, 0.2) is 0 Å². The third-order valence-electron chi connectivity index (χ3n) is 3.30. The molecule has 2 aromatic carbocycles. The number of halogens is 2. The lowest BCUT2D eigenvalue weighted by Crippen LogP contribution is -2.31. The number of hydrogen-bond acceptors (Lipinski definition) is 3. The van der Waals surface area contributed by atoms with Crippen molar-refractivity contribution in [3.63, 3.8) is 0 Å². The van der Waals surface area contributed by atoms with Gasteiger partial charge >= 0.3 is 5.97 Å². The molecule has 0 spiro atoms. The Labute approximate surface area is 134 Å². The molecule has 116 valence electrons. The molecule has 0 aliphatic rings. The molecule has 0 bridgehead atoms. The highest BCUT2D eigenvalue weighted by Gasteiger charge is 2.22. The topological polar surface area (TPSA) is 38.3 Å². The molecule has 0 heterocycles. The second-order valence-corrected chi connectivity index (χ2v) is 5.22. The Balaban J connectivity index is 2.05. The first-order valence-electron chi connectivity index (χ1n) is 6.92. The van der Waals surface area contributed by atoms with Crippen molar-refractivity contribution in [1.82, 2.24) is 5.32 Å². The summed E-state index contributed by atoms with van der Waals surface area (Å²) in [4.78, 5) is 12.0. The van der Waals surface area contributed by atoms with Crippen molar-refractivity contribution in [2.24, 2.45) is 0 Å². The maximum absolute atomic E-state index is 13.1. The van der Waals surface area contributed by atoms with E-state index in [1.54, 1.807) is 24.3 Å². The summed E-state index contributed by atoms with van der Waals surface area (Å²) in [5.41, 5.74) is 1.52. The molecule has 5 heteroatoms. The van der Waals surface area contributed by atoms with Gasteiger partial charge in [0.1, 0.15) is 11.9 Å². The van der Waals surface area contributed by atoms with E-state index in [1.165, 1.54) is 19.2 Å². The number of carbonyl (C=O) groups excluding carboxylic acids is 1. The van der Waals surface area contributed by atoms with E-state index in [4.69, 9.17) is 16.3 Å². The maximum atomic E-state index is 13.1. The Bertz CT molecular complexity index is 648. The van der Waals surface area contributed by atoms with Crippen LogP contribution in [-0.4, -0.2) is 19.6 Å². The molecule has 0 aliphatic carbocycles. The van der Waals surface area contributed by atoms with Gasteiger partial charge in [0, 0.05) is 11.6 Å². The van der Waals surface area contributed by atoms with Crippen LogP contribution < -0.4 is 5.32 Å². The largest absolute Gasteiger partial charge is 0.468 e. The Morgan fingerprint density at radius 3 is 2.73 bits per heavy atom. The van der Waals surface area contributed by atoms with Gasteiger partial charge in [-0.2, -0.15) is 0 Å². The summed E-state index contributed by atoms with van der Waals surface area (Å²) >= 11 is 6.14. The lowest BCUT2D eigenvalue weighted by molar-refractivity contribution is -0.143. The number of rotatable bonds is 6. The SMILES string of the molecule is COC(=O)C(NCCc1cccc(F)c1)c1ccccc1Cl. The van der Waals surface area contributed by atoms with Crippen LogP contribution in [0, 0.1) is 5.82 Å². The molecular formula is C17H17ClFNO2. The van der Waals surface area contributed by atoms with Crippen LogP contribution in [0.1, 0.15) is 17.2 Å². The molecule has 0 saturated carbocycles. The minimum atomic E-state index is -0.646. The second kappa shape index (κ2) is 7.92. The summed E-state index contributed by atoms with van der Waals surface area (Å²) in [6.45, 7) is 0.494. The van der Waals surface area contributed by atoms with E-state index in [0.717, 1.165) is 5.56 Å². The molecule has 0 aliphatic heterocycles. The summed E-state index contributed by atoms with van der Waals surface area (Å²) in [6.07, 6.45) is 0.593. The van der Waals surface area contributed by atoms with Crippen molar-refractivity contribution in [3.8, 4) is 0 Å². The van der Waals surface area contributed by atoms with E-state index in [0.29, 0.717) is 23.6 Å². The molecule has 1 unspecified atom stereocenters. The lowest BCUT2D eigenvalue weighted by Gasteiger charge is -2.18. The van der Waals surface area contributed by atoms with E-state index < -0.39 is 12.0 Å². The standard InChI is InChI=1S/C17H17ClFNO2/c1-22-17(21)16(14-7-2-3-8-15(14)18)20-10-9-12-5-4-6-13(19)11-12/h2-8,11,16,20H,9-10H2,1H3. The van der Waals surface area contributed by atoms with Crippen molar-refractivity contribution in [3.05, 3.63) is 70.5 Å². The Hall–Kier alpha value is -1.91. The molecule has 0 radical (unpaired) electrons. The minimum absolute atomic E-state index is 0.270. The number of benzene rings is 2. The average Bonchev–Trinajstić information content (AvgIpc) is 2.52. The highest BCUT2D eigenvalue weighted by molar-refractivity contribution is 6.31. The van der Waals surface area contributed by atoms with Gasteiger partial charge in [-0.1, -0.05) is 41.9 Å². The average molecular weight is 322 g/mol. The molecule has 22 heavy (non-hydrogen) atoms. The van der Waals surface area contributed by atoms with Crippen molar-refractivity contribution in [2.75, 3.05) is 13.7 Å². The first-order chi connectivity index (χ1) is 10.6. The number of ether oxygens (including phenoxy) is 1. The van der Waals surface area contributed by atoms with E-state index in [-0.39, 0.29) is 5.82 Å². The molecule has 0 amide bonds. The molecular weight excluding hydrogens is 305 g/mol. The summed E-state index contributed by atoms with van der Waals surface area (Å²) in [6, 6.07) is 12.8. The van der Waals surface area contributed by atoms with Gasteiger partial charge in [0.05, 0.1) is 7.11 Å². The van der Waals surface area contributed by atoms with Gasteiger partial charge in [-0.25, -0.2) is 9.18 Å². The van der Waals surface area contributed by atoms with Gasteiger partial charge in [-0.3, -0.25) is 0 Å². The predicted octanol–water partition coefficient (Wildman–Crippen LogP) is 3.53. The van der Waals surface area contributed by atoms with E-state index in [1.807, 2.05) is 12.1 Å². The molecule has 1 N–H and O–H groups in total. The summed E-state index contributed by atoms with van der Waals surface area (Å²) in [5.74, 6) is -0.680. The first-order valence-corrected chi connectivity index (χ1v) is 7.29. The number of esters is 1. The quantitative estimate of drug-likeness (QED) is 0.827. The third-order valence-corrected chi connectivity index (χ3v) is 3.65. The third kappa shape index (κ3) is 4.29. The van der Waals surface area contributed by atoms with Gasteiger partial charge in [0.25, 0.3) is 0 Å². The van der Waals surface area contributed by atoms with Gasteiger partial charge in [0.2, 0.25) is 0 Å². The number of nitrogens with one attached hydrogen (secondary N) is 1. The molecule has 0 aromatic heterocycles. The van der Waals surface area contributed by atoms with Gasteiger partial charge in [-0.15, -0.1) is 0 Å². The van der Waals surface area contributed by atoms with Crippen molar-refractivity contribution in [1.29, 1.82) is 0 Å².